The van der Waals surface area contributed by atoms with Crippen molar-refractivity contribution in [2.45, 2.75) is 24.2 Å². The van der Waals surface area contributed by atoms with E-state index in [2.05, 4.69) is 9.71 Å². The van der Waals surface area contributed by atoms with Crippen LogP contribution in [0.5, 0.6) is 0 Å². The summed E-state index contributed by atoms with van der Waals surface area (Å²) in [7, 11) is -0.890. The third-order valence-corrected chi connectivity index (χ3v) is 3.84. The molecule has 1 unspecified atom stereocenters. The van der Waals surface area contributed by atoms with Gasteiger partial charge in [-0.1, -0.05) is 0 Å². The first-order valence-electron chi connectivity index (χ1n) is 5.17. The van der Waals surface area contributed by atoms with E-state index in [1.165, 1.54) is 20.3 Å². The molecule has 0 spiro atoms. The first-order valence-corrected chi connectivity index (χ1v) is 6.65. The number of rotatable bonds is 6. The van der Waals surface area contributed by atoms with Gasteiger partial charge in [-0.3, -0.25) is 4.79 Å². The quantitative estimate of drug-likeness (QED) is 0.693. The minimum atomic E-state index is -3.72. The van der Waals surface area contributed by atoms with E-state index >= 15 is 0 Å². The molecule has 0 saturated carbocycles. The van der Waals surface area contributed by atoms with E-state index in [4.69, 9.17) is 9.47 Å². The number of ether oxygens (including phenoxy) is 2. The van der Waals surface area contributed by atoms with Crippen LogP contribution in [0.25, 0.3) is 0 Å². The van der Waals surface area contributed by atoms with Gasteiger partial charge in [-0.25, -0.2) is 13.1 Å². The first-order chi connectivity index (χ1) is 8.40. The van der Waals surface area contributed by atoms with Crippen molar-refractivity contribution in [3.63, 3.8) is 0 Å². The Morgan fingerprint density at radius 2 is 1.89 bits per heavy atom. The van der Waals surface area contributed by atoms with E-state index in [1.807, 2.05) is 0 Å². The van der Waals surface area contributed by atoms with Crippen molar-refractivity contribution in [1.82, 2.24) is 9.71 Å². The first kappa shape index (κ1) is 14.8. The highest BCUT2D eigenvalue weighted by atomic mass is 32.2. The van der Waals surface area contributed by atoms with Crippen LogP contribution in [0.15, 0.2) is 28.0 Å². The Hall–Kier alpha value is -1.22. The molecule has 1 atom stereocenters. The molecule has 1 aromatic heterocycles. The molecule has 1 heterocycles. The fraction of sp³-hybridized carbons (Fsp3) is 0.500. The monoisotopic (exact) mass is 276 g/mol. The van der Waals surface area contributed by atoms with Gasteiger partial charge in [-0.05, 0) is 13.0 Å². The Balaban J connectivity index is 2.88. The molecule has 0 aliphatic rings. The van der Waals surface area contributed by atoms with Crippen molar-refractivity contribution >= 4 is 10.0 Å². The zero-order valence-corrected chi connectivity index (χ0v) is 11.2. The largest absolute Gasteiger partial charge is 0.354 e. The molecule has 0 aromatic carbocycles. The number of nitrogens with one attached hydrogen (secondary N) is 2. The highest BCUT2D eigenvalue weighted by Crippen LogP contribution is 2.08. The topological polar surface area (TPSA) is 97.5 Å². The molecule has 1 rings (SSSR count). The van der Waals surface area contributed by atoms with E-state index in [-0.39, 0.29) is 10.5 Å². The van der Waals surface area contributed by atoms with Gasteiger partial charge in [0.1, 0.15) is 0 Å². The summed E-state index contributed by atoms with van der Waals surface area (Å²) in [6.45, 7) is 1.61. The van der Waals surface area contributed by atoms with E-state index in [9.17, 15) is 13.2 Å². The Morgan fingerprint density at radius 3 is 2.33 bits per heavy atom. The third-order valence-electron chi connectivity index (χ3n) is 2.28. The SMILES string of the molecule is COC(OC)C(C)NS(=O)(=O)c1ccc(=O)[nH]c1. The van der Waals surface area contributed by atoms with Gasteiger partial charge in [-0.15, -0.1) is 0 Å². The van der Waals surface area contributed by atoms with Gasteiger partial charge in [0.05, 0.1) is 10.9 Å². The Morgan fingerprint density at radius 1 is 1.28 bits per heavy atom. The highest BCUT2D eigenvalue weighted by Gasteiger charge is 2.23. The zero-order valence-electron chi connectivity index (χ0n) is 10.3. The number of methoxy groups -OCH3 is 2. The van der Waals surface area contributed by atoms with Gasteiger partial charge >= 0.3 is 0 Å². The summed E-state index contributed by atoms with van der Waals surface area (Å²) >= 11 is 0. The molecular formula is C10H16N2O5S. The molecular weight excluding hydrogens is 260 g/mol. The maximum absolute atomic E-state index is 11.9. The summed E-state index contributed by atoms with van der Waals surface area (Å²) in [4.78, 5) is 13.1. The lowest BCUT2D eigenvalue weighted by Crippen LogP contribution is -2.42. The molecule has 2 N–H and O–H groups in total. The lowest BCUT2D eigenvalue weighted by Gasteiger charge is -2.21. The maximum atomic E-state index is 11.9. The fourth-order valence-electron chi connectivity index (χ4n) is 1.44. The summed E-state index contributed by atoms with van der Waals surface area (Å²) in [6, 6.07) is 1.79. The van der Waals surface area contributed by atoms with Crippen molar-refractivity contribution in [3.05, 3.63) is 28.7 Å². The average Bonchev–Trinajstić information content (AvgIpc) is 2.30. The minimum Gasteiger partial charge on any atom is -0.354 e. The van der Waals surface area contributed by atoms with Crippen molar-refractivity contribution in [1.29, 1.82) is 0 Å². The summed E-state index contributed by atoms with van der Waals surface area (Å²) < 4.78 is 36.2. The Labute approximate surface area is 105 Å². The summed E-state index contributed by atoms with van der Waals surface area (Å²) in [5, 5.41) is 0. The average molecular weight is 276 g/mol. The highest BCUT2D eigenvalue weighted by molar-refractivity contribution is 7.89. The molecule has 0 bridgehead atoms. The molecule has 0 amide bonds. The van der Waals surface area contributed by atoms with Crippen molar-refractivity contribution < 1.29 is 17.9 Å². The van der Waals surface area contributed by atoms with Crippen LogP contribution >= 0.6 is 0 Å². The number of H-pyrrole nitrogens is 1. The number of aromatic nitrogens is 1. The molecule has 18 heavy (non-hydrogen) atoms. The molecule has 102 valence electrons. The Kier molecular flexibility index (Phi) is 5.03. The molecule has 0 saturated heterocycles. The minimum absolute atomic E-state index is 0.0279. The van der Waals surface area contributed by atoms with Gasteiger partial charge in [0, 0.05) is 26.5 Å². The number of sulfonamides is 1. The van der Waals surface area contributed by atoms with Crippen LogP contribution in [0, 0.1) is 0 Å². The number of aromatic amines is 1. The number of hydrogen-bond donors (Lipinski definition) is 2. The standard InChI is InChI=1S/C10H16N2O5S/c1-7(10(16-2)17-3)12-18(14,15)8-4-5-9(13)11-6-8/h4-7,10,12H,1-3H3,(H,11,13). The Bertz CT molecular complexity index is 515. The second kappa shape index (κ2) is 6.10. The van der Waals surface area contributed by atoms with Crippen LogP contribution < -0.4 is 10.3 Å². The fourth-order valence-corrected chi connectivity index (χ4v) is 2.63. The predicted molar refractivity (Wildman–Crippen MR) is 64.7 cm³/mol. The molecule has 0 aliphatic heterocycles. The van der Waals surface area contributed by atoms with E-state index in [0.29, 0.717) is 0 Å². The van der Waals surface area contributed by atoms with Crippen LogP contribution in [0.2, 0.25) is 0 Å². The van der Waals surface area contributed by atoms with Gasteiger partial charge in [0.25, 0.3) is 0 Å². The summed E-state index contributed by atoms with van der Waals surface area (Å²) in [6.07, 6.45) is 0.439. The lowest BCUT2D eigenvalue weighted by molar-refractivity contribution is -0.115. The van der Waals surface area contributed by atoms with E-state index in [0.717, 1.165) is 12.3 Å². The molecule has 8 heteroatoms. The summed E-state index contributed by atoms with van der Waals surface area (Å²) in [5.41, 5.74) is -0.367. The predicted octanol–water partition coefficient (Wildman–Crippen LogP) is -0.339. The molecule has 0 aliphatic carbocycles. The van der Waals surface area contributed by atoms with Gasteiger partial charge < -0.3 is 14.5 Å². The number of pyridine rings is 1. The summed E-state index contributed by atoms with van der Waals surface area (Å²) in [5.74, 6) is 0. The van der Waals surface area contributed by atoms with Gasteiger partial charge in [0.2, 0.25) is 15.6 Å². The molecule has 7 nitrogen and oxygen atoms in total. The third kappa shape index (κ3) is 3.64. The molecule has 0 radical (unpaired) electrons. The van der Waals surface area contributed by atoms with Crippen LogP contribution in [0.3, 0.4) is 0 Å². The van der Waals surface area contributed by atoms with Crippen LogP contribution in [-0.2, 0) is 19.5 Å². The molecule has 0 fully saturated rings. The zero-order chi connectivity index (χ0) is 13.8. The van der Waals surface area contributed by atoms with Crippen LogP contribution in [0.4, 0.5) is 0 Å². The lowest BCUT2D eigenvalue weighted by atomic mass is 10.3. The normalized spacial score (nSPS) is 13.8. The number of hydrogen-bond acceptors (Lipinski definition) is 5. The van der Waals surface area contributed by atoms with Crippen molar-refractivity contribution in [2.24, 2.45) is 0 Å². The second-order valence-corrected chi connectivity index (χ2v) is 5.35. The molecule has 1 aromatic rings. The van der Waals surface area contributed by atoms with Gasteiger partial charge in [-0.2, -0.15) is 0 Å². The van der Waals surface area contributed by atoms with Crippen LogP contribution in [-0.4, -0.2) is 40.0 Å². The van der Waals surface area contributed by atoms with Crippen molar-refractivity contribution in [3.8, 4) is 0 Å². The van der Waals surface area contributed by atoms with E-state index < -0.39 is 22.4 Å². The van der Waals surface area contributed by atoms with Crippen LogP contribution in [0.1, 0.15) is 6.92 Å². The second-order valence-electron chi connectivity index (χ2n) is 3.64. The van der Waals surface area contributed by atoms with E-state index in [1.54, 1.807) is 6.92 Å². The smallest absolute Gasteiger partial charge is 0.247 e. The van der Waals surface area contributed by atoms with Gasteiger partial charge in [0.15, 0.2) is 6.29 Å². The maximum Gasteiger partial charge on any atom is 0.247 e. The van der Waals surface area contributed by atoms with Crippen molar-refractivity contribution in [2.75, 3.05) is 14.2 Å².